The zero-order chi connectivity index (χ0) is 22.8. The molecule has 5 nitrogen and oxygen atoms in total. The molecule has 5 heteroatoms. The van der Waals surface area contributed by atoms with Gasteiger partial charge in [0.25, 0.3) is 0 Å². The first-order valence-corrected chi connectivity index (χ1v) is 10.5. The van der Waals surface area contributed by atoms with E-state index in [9.17, 15) is 9.59 Å². The van der Waals surface area contributed by atoms with Crippen LogP contribution in [0.25, 0.3) is 21.9 Å². The van der Waals surface area contributed by atoms with Crippen LogP contribution in [0.3, 0.4) is 0 Å². The highest BCUT2D eigenvalue weighted by atomic mass is 16.5. The van der Waals surface area contributed by atoms with Crippen LogP contribution < -0.4 is 14.9 Å². The van der Waals surface area contributed by atoms with Gasteiger partial charge in [-0.15, -0.1) is 0 Å². The Bertz CT molecular complexity index is 1360. The average molecular weight is 428 g/mol. The lowest BCUT2D eigenvalue weighted by Gasteiger charge is -2.08. The van der Waals surface area contributed by atoms with E-state index in [0.29, 0.717) is 40.0 Å². The van der Waals surface area contributed by atoms with Crippen molar-refractivity contribution in [1.82, 2.24) is 0 Å². The van der Waals surface area contributed by atoms with E-state index < -0.39 is 5.97 Å². The third kappa shape index (κ3) is 4.02. The summed E-state index contributed by atoms with van der Waals surface area (Å²) < 4.78 is 17.1. The van der Waals surface area contributed by atoms with Crippen LogP contribution in [-0.2, 0) is 0 Å². The van der Waals surface area contributed by atoms with E-state index in [1.54, 1.807) is 38.1 Å². The van der Waals surface area contributed by atoms with Gasteiger partial charge in [0.2, 0.25) is 0 Å². The van der Waals surface area contributed by atoms with Crippen molar-refractivity contribution in [3.63, 3.8) is 0 Å². The van der Waals surface area contributed by atoms with E-state index in [1.807, 2.05) is 50.2 Å². The zero-order valence-corrected chi connectivity index (χ0v) is 18.5. The molecule has 0 amide bonds. The minimum atomic E-state index is -0.487. The van der Waals surface area contributed by atoms with Crippen LogP contribution >= 0.6 is 0 Å². The fourth-order valence-corrected chi connectivity index (χ4v) is 3.86. The molecule has 0 unspecified atom stereocenters. The summed E-state index contributed by atoms with van der Waals surface area (Å²) in [6.45, 7) is 7.84. The van der Waals surface area contributed by atoms with Crippen molar-refractivity contribution in [1.29, 1.82) is 0 Å². The van der Waals surface area contributed by atoms with E-state index in [1.165, 1.54) is 0 Å². The van der Waals surface area contributed by atoms with Gasteiger partial charge in [-0.3, -0.25) is 4.79 Å². The van der Waals surface area contributed by atoms with Crippen molar-refractivity contribution in [2.75, 3.05) is 6.61 Å². The summed E-state index contributed by atoms with van der Waals surface area (Å²) in [6.07, 6.45) is 0. The maximum absolute atomic E-state index is 13.1. The Morgan fingerprint density at radius 2 is 1.56 bits per heavy atom. The molecule has 0 fully saturated rings. The van der Waals surface area contributed by atoms with E-state index in [4.69, 9.17) is 13.9 Å². The number of aryl methyl sites for hydroxylation is 3. The van der Waals surface area contributed by atoms with Gasteiger partial charge >= 0.3 is 5.97 Å². The molecule has 1 aromatic heterocycles. The Labute approximate surface area is 186 Å². The molecule has 0 saturated heterocycles. The molecule has 0 aliphatic heterocycles. The molecule has 0 atom stereocenters. The number of carbonyl (C=O) groups is 1. The molecular formula is C27H24O5. The number of esters is 1. The molecule has 0 aliphatic carbocycles. The Hall–Kier alpha value is -3.86. The fraction of sp³-hybridized carbons (Fsp3) is 0.185. The number of carbonyl (C=O) groups excluding carboxylic acids is 1. The van der Waals surface area contributed by atoms with Gasteiger partial charge in [-0.1, -0.05) is 30.3 Å². The Kier molecular flexibility index (Phi) is 5.82. The van der Waals surface area contributed by atoms with E-state index in [-0.39, 0.29) is 11.2 Å². The van der Waals surface area contributed by atoms with Gasteiger partial charge in [0, 0.05) is 0 Å². The highest BCUT2D eigenvalue weighted by Crippen LogP contribution is 2.34. The molecular weight excluding hydrogens is 404 g/mol. The van der Waals surface area contributed by atoms with E-state index >= 15 is 0 Å². The molecule has 4 aromatic rings. The lowest BCUT2D eigenvalue weighted by molar-refractivity contribution is 0.0736. The summed E-state index contributed by atoms with van der Waals surface area (Å²) in [4.78, 5) is 26.1. The van der Waals surface area contributed by atoms with Crippen molar-refractivity contribution in [2.24, 2.45) is 0 Å². The zero-order valence-electron chi connectivity index (χ0n) is 18.5. The van der Waals surface area contributed by atoms with Crippen LogP contribution in [0.2, 0.25) is 0 Å². The maximum Gasteiger partial charge on any atom is 0.343 e. The third-order valence-electron chi connectivity index (χ3n) is 5.39. The van der Waals surface area contributed by atoms with Gasteiger partial charge in [0.05, 0.1) is 22.9 Å². The Morgan fingerprint density at radius 3 is 2.25 bits per heavy atom. The van der Waals surface area contributed by atoms with E-state index in [2.05, 4.69) is 0 Å². The minimum absolute atomic E-state index is 0.198. The topological polar surface area (TPSA) is 65.7 Å². The molecule has 0 bridgehead atoms. The molecule has 0 saturated carbocycles. The normalized spacial score (nSPS) is 10.9. The summed E-state index contributed by atoms with van der Waals surface area (Å²) in [6, 6.07) is 17.9. The van der Waals surface area contributed by atoms with Gasteiger partial charge in [-0.25, -0.2) is 4.79 Å². The van der Waals surface area contributed by atoms with Crippen molar-refractivity contribution in [3.8, 4) is 22.6 Å². The van der Waals surface area contributed by atoms with Crippen molar-refractivity contribution < 1.29 is 18.7 Å². The number of fused-ring (bicyclic) bond motifs is 1. The van der Waals surface area contributed by atoms with Crippen LogP contribution in [-0.4, -0.2) is 12.6 Å². The summed E-state index contributed by atoms with van der Waals surface area (Å²) >= 11 is 0. The Morgan fingerprint density at radius 1 is 0.875 bits per heavy atom. The molecule has 0 N–H and O–H groups in total. The van der Waals surface area contributed by atoms with E-state index in [0.717, 1.165) is 16.9 Å². The molecule has 3 aromatic carbocycles. The predicted octanol–water partition coefficient (Wildman–Crippen LogP) is 6.00. The molecule has 0 radical (unpaired) electrons. The smallest absolute Gasteiger partial charge is 0.343 e. The molecule has 0 spiro atoms. The molecule has 4 rings (SSSR count). The number of benzene rings is 2. The highest BCUT2D eigenvalue weighted by molar-refractivity contribution is 5.98. The molecule has 1 heterocycles. The molecule has 32 heavy (non-hydrogen) atoms. The highest BCUT2D eigenvalue weighted by Gasteiger charge is 2.19. The lowest BCUT2D eigenvalue weighted by Crippen LogP contribution is -2.10. The SMILES string of the molecule is CCOc1ccc(-c2cc(OC(=O)c3ccccc3C)c3c(C)oc(C)c3c(=O)c2)cc1. The van der Waals surface area contributed by atoms with Gasteiger partial charge in [0.15, 0.2) is 5.43 Å². The van der Waals surface area contributed by atoms with Crippen molar-refractivity contribution in [3.05, 3.63) is 93.5 Å². The number of rotatable bonds is 5. The van der Waals surface area contributed by atoms with Crippen LogP contribution in [0.4, 0.5) is 0 Å². The van der Waals surface area contributed by atoms with Gasteiger partial charge in [-0.2, -0.15) is 0 Å². The average Bonchev–Trinajstić information content (AvgIpc) is 2.98. The standard InChI is InChI=1S/C27H24O5/c1-5-30-21-12-10-19(11-13-21)20-14-23(28)25-17(3)31-18(4)26(25)24(15-20)32-27(29)22-9-7-6-8-16(22)2/h6-15H,5H2,1-4H3. The van der Waals surface area contributed by atoms with Gasteiger partial charge in [0.1, 0.15) is 23.0 Å². The first-order valence-electron chi connectivity index (χ1n) is 10.5. The predicted molar refractivity (Wildman–Crippen MR) is 125 cm³/mol. The lowest BCUT2D eigenvalue weighted by atomic mass is 10.1. The van der Waals surface area contributed by atoms with Gasteiger partial charge < -0.3 is 13.9 Å². The number of ether oxygens (including phenoxy) is 2. The molecule has 162 valence electrons. The summed E-state index contributed by atoms with van der Waals surface area (Å²) in [5.74, 6) is 1.56. The van der Waals surface area contributed by atoms with Gasteiger partial charge in [-0.05, 0) is 74.7 Å². The second-order valence-corrected chi connectivity index (χ2v) is 7.60. The number of hydrogen-bond acceptors (Lipinski definition) is 5. The largest absolute Gasteiger partial charge is 0.494 e. The molecule has 0 aliphatic rings. The Balaban J connectivity index is 1.90. The quantitative estimate of drug-likeness (QED) is 0.365. The summed E-state index contributed by atoms with van der Waals surface area (Å²) in [5.41, 5.74) is 2.53. The maximum atomic E-state index is 13.1. The second-order valence-electron chi connectivity index (χ2n) is 7.60. The summed E-state index contributed by atoms with van der Waals surface area (Å²) in [7, 11) is 0. The second kappa shape index (κ2) is 8.71. The van der Waals surface area contributed by atoms with Crippen LogP contribution in [0.1, 0.15) is 34.4 Å². The van der Waals surface area contributed by atoms with Crippen LogP contribution in [0.5, 0.6) is 11.5 Å². The van der Waals surface area contributed by atoms with Crippen molar-refractivity contribution in [2.45, 2.75) is 27.7 Å². The third-order valence-corrected chi connectivity index (χ3v) is 5.39. The van der Waals surface area contributed by atoms with Crippen molar-refractivity contribution >= 4 is 16.7 Å². The number of furan rings is 1. The minimum Gasteiger partial charge on any atom is -0.494 e. The van der Waals surface area contributed by atoms with Crippen LogP contribution in [0, 0.1) is 20.8 Å². The monoisotopic (exact) mass is 428 g/mol. The van der Waals surface area contributed by atoms with Crippen LogP contribution in [0.15, 0.2) is 69.9 Å². The number of hydrogen-bond donors (Lipinski definition) is 0. The summed E-state index contributed by atoms with van der Waals surface area (Å²) in [5, 5.41) is 0.916. The first-order chi connectivity index (χ1) is 15.4. The first kappa shape index (κ1) is 21.4. The fourth-order valence-electron chi connectivity index (χ4n) is 3.86.